The molecule has 5 heteroatoms. The molecule has 1 aliphatic rings. The van der Waals surface area contributed by atoms with Gasteiger partial charge >= 0.3 is 6.18 Å². The van der Waals surface area contributed by atoms with Crippen molar-refractivity contribution in [1.29, 1.82) is 0 Å². The molecule has 1 aromatic rings. The van der Waals surface area contributed by atoms with Gasteiger partial charge in [0.2, 0.25) is 0 Å². The van der Waals surface area contributed by atoms with Crippen molar-refractivity contribution in [3.63, 3.8) is 0 Å². The molecule has 1 aromatic carbocycles. The zero-order valence-electron chi connectivity index (χ0n) is 11.5. The highest BCUT2D eigenvalue weighted by molar-refractivity contribution is 6.31. The van der Waals surface area contributed by atoms with E-state index in [0.29, 0.717) is 0 Å². The molecule has 0 atom stereocenters. The van der Waals surface area contributed by atoms with Gasteiger partial charge in [0.05, 0.1) is 10.6 Å². The molecule has 1 heterocycles. The Balaban J connectivity index is 2.11. The van der Waals surface area contributed by atoms with Crippen LogP contribution in [0.4, 0.5) is 13.2 Å². The highest BCUT2D eigenvalue weighted by Crippen LogP contribution is 2.38. The molecule has 0 aromatic heterocycles. The maximum absolute atomic E-state index is 12.9. The molecule has 1 aliphatic heterocycles. The lowest BCUT2D eigenvalue weighted by molar-refractivity contribution is -0.137. The molecular weight excluding hydrogens is 287 g/mol. The molecule has 112 valence electrons. The van der Waals surface area contributed by atoms with E-state index >= 15 is 0 Å². The number of benzene rings is 1. The number of likely N-dealkylation sites (tertiary alicyclic amines) is 1. The molecular formula is C15H19ClF3N. The second-order valence-corrected chi connectivity index (χ2v) is 5.76. The predicted molar refractivity (Wildman–Crippen MR) is 75.2 cm³/mol. The maximum Gasteiger partial charge on any atom is 0.417 e. The van der Waals surface area contributed by atoms with E-state index in [1.807, 2.05) is 0 Å². The highest BCUT2D eigenvalue weighted by atomic mass is 35.5. The topological polar surface area (TPSA) is 3.24 Å². The van der Waals surface area contributed by atoms with E-state index in [1.165, 1.54) is 12.1 Å². The summed E-state index contributed by atoms with van der Waals surface area (Å²) < 4.78 is 38.6. The van der Waals surface area contributed by atoms with Crippen LogP contribution >= 0.6 is 11.6 Å². The van der Waals surface area contributed by atoms with Gasteiger partial charge in [-0.05, 0) is 62.5 Å². The Bertz CT molecular complexity index is 451. The van der Waals surface area contributed by atoms with Gasteiger partial charge < -0.3 is 4.90 Å². The molecule has 0 radical (unpaired) electrons. The van der Waals surface area contributed by atoms with Gasteiger partial charge in [0, 0.05) is 0 Å². The lowest BCUT2D eigenvalue weighted by Crippen LogP contribution is -2.33. The highest BCUT2D eigenvalue weighted by Gasteiger charge is 2.34. The summed E-state index contributed by atoms with van der Waals surface area (Å²) in [4.78, 5) is 2.37. The van der Waals surface area contributed by atoms with E-state index in [4.69, 9.17) is 11.6 Å². The molecule has 0 bridgehead atoms. The van der Waals surface area contributed by atoms with Crippen LogP contribution in [-0.2, 0) is 6.18 Å². The summed E-state index contributed by atoms with van der Waals surface area (Å²) in [7, 11) is 0. The number of alkyl halides is 3. The number of hydrogen-bond donors (Lipinski definition) is 0. The van der Waals surface area contributed by atoms with Crippen LogP contribution in [0.15, 0.2) is 18.2 Å². The lowest BCUT2D eigenvalue weighted by atomic mass is 9.88. The van der Waals surface area contributed by atoms with Crippen molar-refractivity contribution in [2.24, 2.45) is 0 Å². The molecule has 0 spiro atoms. The SMILES string of the molecule is CCCN1CCC(c2ccc(Cl)c(C(F)(F)F)c2)CC1. The number of nitrogens with zero attached hydrogens (tertiary/aromatic N) is 1. The number of hydrogen-bond acceptors (Lipinski definition) is 1. The summed E-state index contributed by atoms with van der Waals surface area (Å²) in [6.45, 7) is 5.13. The van der Waals surface area contributed by atoms with E-state index in [1.54, 1.807) is 6.07 Å². The molecule has 1 nitrogen and oxygen atoms in total. The Kier molecular flexibility index (Phi) is 4.97. The summed E-state index contributed by atoms with van der Waals surface area (Å²) in [6, 6.07) is 4.33. The van der Waals surface area contributed by atoms with Crippen LogP contribution in [0.25, 0.3) is 0 Å². The van der Waals surface area contributed by atoms with Gasteiger partial charge in [0.15, 0.2) is 0 Å². The fraction of sp³-hybridized carbons (Fsp3) is 0.600. The smallest absolute Gasteiger partial charge is 0.303 e. The number of piperidine rings is 1. The van der Waals surface area contributed by atoms with Gasteiger partial charge in [-0.15, -0.1) is 0 Å². The van der Waals surface area contributed by atoms with Crippen LogP contribution in [0.1, 0.15) is 43.2 Å². The van der Waals surface area contributed by atoms with Crippen LogP contribution in [0.5, 0.6) is 0 Å². The van der Waals surface area contributed by atoms with Gasteiger partial charge in [0.1, 0.15) is 0 Å². The largest absolute Gasteiger partial charge is 0.417 e. The van der Waals surface area contributed by atoms with Gasteiger partial charge in [-0.25, -0.2) is 0 Å². The fourth-order valence-electron chi connectivity index (χ4n) is 2.82. The van der Waals surface area contributed by atoms with Crippen LogP contribution in [0.2, 0.25) is 5.02 Å². The van der Waals surface area contributed by atoms with E-state index in [2.05, 4.69) is 11.8 Å². The van der Waals surface area contributed by atoms with E-state index in [0.717, 1.165) is 44.5 Å². The van der Waals surface area contributed by atoms with E-state index in [-0.39, 0.29) is 10.9 Å². The molecule has 2 rings (SSSR count). The van der Waals surface area contributed by atoms with Crippen molar-refractivity contribution in [3.05, 3.63) is 34.3 Å². The van der Waals surface area contributed by atoms with E-state index < -0.39 is 11.7 Å². The third-order valence-corrected chi connectivity index (χ3v) is 4.22. The Morgan fingerprint density at radius 1 is 1.25 bits per heavy atom. The van der Waals surface area contributed by atoms with Crippen molar-refractivity contribution in [2.45, 2.75) is 38.3 Å². The molecule has 0 aliphatic carbocycles. The van der Waals surface area contributed by atoms with Crippen LogP contribution in [0.3, 0.4) is 0 Å². The zero-order valence-corrected chi connectivity index (χ0v) is 12.3. The summed E-state index contributed by atoms with van der Waals surface area (Å²) in [5, 5.41) is -0.218. The predicted octanol–water partition coefficient (Wildman–Crippen LogP) is 4.95. The molecule has 1 fully saturated rings. The monoisotopic (exact) mass is 305 g/mol. The average molecular weight is 306 g/mol. The maximum atomic E-state index is 12.9. The first-order valence-electron chi connectivity index (χ1n) is 7.00. The van der Waals surface area contributed by atoms with E-state index in [9.17, 15) is 13.2 Å². The minimum absolute atomic E-state index is 0.210. The molecule has 1 saturated heterocycles. The summed E-state index contributed by atoms with van der Waals surface area (Å²) in [5.74, 6) is 0.210. The molecule has 0 saturated carbocycles. The van der Waals surface area contributed by atoms with Gasteiger partial charge in [-0.2, -0.15) is 13.2 Å². The first-order valence-corrected chi connectivity index (χ1v) is 7.38. The average Bonchev–Trinajstić information content (AvgIpc) is 2.39. The molecule has 0 N–H and O–H groups in total. The van der Waals surface area contributed by atoms with Crippen LogP contribution in [-0.4, -0.2) is 24.5 Å². The van der Waals surface area contributed by atoms with Crippen molar-refractivity contribution >= 4 is 11.6 Å². The number of rotatable bonds is 3. The molecule has 20 heavy (non-hydrogen) atoms. The Morgan fingerprint density at radius 2 is 1.90 bits per heavy atom. The Morgan fingerprint density at radius 3 is 2.45 bits per heavy atom. The molecule has 0 unspecified atom stereocenters. The minimum Gasteiger partial charge on any atom is -0.303 e. The Labute approximate surface area is 122 Å². The number of halogens is 4. The van der Waals surface area contributed by atoms with Crippen molar-refractivity contribution in [3.8, 4) is 0 Å². The van der Waals surface area contributed by atoms with Gasteiger partial charge in [0.25, 0.3) is 0 Å². The summed E-state index contributed by atoms with van der Waals surface area (Å²) in [6.07, 6.45) is -1.43. The minimum atomic E-state index is -4.38. The fourth-order valence-corrected chi connectivity index (χ4v) is 3.04. The van der Waals surface area contributed by atoms with Crippen molar-refractivity contribution in [2.75, 3.05) is 19.6 Å². The second kappa shape index (κ2) is 6.35. The van der Waals surface area contributed by atoms with Gasteiger partial charge in [-0.3, -0.25) is 0 Å². The lowest BCUT2D eigenvalue weighted by Gasteiger charge is -2.32. The quantitative estimate of drug-likeness (QED) is 0.764. The zero-order chi connectivity index (χ0) is 14.8. The third kappa shape index (κ3) is 3.67. The first kappa shape index (κ1) is 15.6. The second-order valence-electron chi connectivity index (χ2n) is 5.35. The van der Waals surface area contributed by atoms with Crippen molar-refractivity contribution < 1.29 is 13.2 Å². The Hall–Kier alpha value is -0.740. The first-order chi connectivity index (χ1) is 9.41. The summed E-state index contributed by atoms with van der Waals surface area (Å²) >= 11 is 5.66. The third-order valence-electron chi connectivity index (χ3n) is 3.89. The van der Waals surface area contributed by atoms with Gasteiger partial charge in [-0.1, -0.05) is 24.6 Å². The summed E-state index contributed by atoms with van der Waals surface area (Å²) in [5.41, 5.74) is 0.0468. The normalized spacial score (nSPS) is 18.4. The molecule has 0 amide bonds. The van der Waals surface area contributed by atoms with Crippen LogP contribution in [0, 0.1) is 0 Å². The standard InChI is InChI=1S/C15H19ClF3N/c1-2-7-20-8-5-11(6-9-20)12-3-4-14(16)13(10-12)15(17,18)19/h3-4,10-11H,2,5-9H2,1H3. The van der Waals surface area contributed by atoms with Crippen molar-refractivity contribution in [1.82, 2.24) is 4.90 Å². The van der Waals surface area contributed by atoms with Crippen LogP contribution < -0.4 is 0 Å².